The van der Waals surface area contributed by atoms with Gasteiger partial charge in [0.1, 0.15) is 12.0 Å². The van der Waals surface area contributed by atoms with E-state index in [2.05, 4.69) is 4.98 Å². The van der Waals surface area contributed by atoms with Gasteiger partial charge in [0.05, 0.1) is 18.6 Å². The summed E-state index contributed by atoms with van der Waals surface area (Å²) in [6, 6.07) is 7.50. The van der Waals surface area contributed by atoms with Gasteiger partial charge in [-0.2, -0.15) is 4.98 Å². The Balaban J connectivity index is 2.13. The summed E-state index contributed by atoms with van der Waals surface area (Å²) in [6.07, 6.45) is 1.29. The summed E-state index contributed by atoms with van der Waals surface area (Å²) in [5.41, 5.74) is 0.166. The molecule has 0 spiro atoms. The van der Waals surface area contributed by atoms with Gasteiger partial charge >= 0.3 is 5.97 Å². The lowest BCUT2D eigenvalue weighted by atomic mass is 10.3. The maximum Gasteiger partial charge on any atom is 0.360 e. The molecule has 6 heteroatoms. The standard InChI is InChI=1S/C13H13NO4S/c1-3-17-12(15)9-8-18-13(14-9)19-11-7-5-4-6-10(11)16-2/h4-8H,3H2,1-2H3. The van der Waals surface area contributed by atoms with Crippen LogP contribution in [0.3, 0.4) is 0 Å². The van der Waals surface area contributed by atoms with Crippen molar-refractivity contribution in [3.63, 3.8) is 0 Å². The monoisotopic (exact) mass is 279 g/mol. The van der Waals surface area contributed by atoms with E-state index in [0.717, 1.165) is 10.6 Å². The van der Waals surface area contributed by atoms with Crippen molar-refractivity contribution in [2.24, 2.45) is 0 Å². The van der Waals surface area contributed by atoms with Gasteiger partial charge in [-0.1, -0.05) is 12.1 Å². The van der Waals surface area contributed by atoms with Crippen LogP contribution in [0.2, 0.25) is 0 Å². The van der Waals surface area contributed by atoms with Crippen LogP contribution in [0.15, 0.2) is 45.1 Å². The largest absolute Gasteiger partial charge is 0.496 e. The molecule has 2 rings (SSSR count). The van der Waals surface area contributed by atoms with Crippen molar-refractivity contribution in [2.45, 2.75) is 17.0 Å². The molecule has 0 aliphatic carbocycles. The third kappa shape index (κ3) is 3.29. The molecule has 0 saturated heterocycles. The van der Waals surface area contributed by atoms with Crippen LogP contribution in [0.1, 0.15) is 17.4 Å². The SMILES string of the molecule is CCOC(=O)c1coc(Sc2ccccc2OC)n1. The summed E-state index contributed by atoms with van der Waals surface area (Å²) in [4.78, 5) is 16.4. The van der Waals surface area contributed by atoms with Gasteiger partial charge in [0.15, 0.2) is 5.69 Å². The second-order valence-corrected chi connectivity index (χ2v) is 4.47. The minimum Gasteiger partial charge on any atom is -0.496 e. The number of oxazole rings is 1. The van der Waals surface area contributed by atoms with Crippen molar-refractivity contribution in [2.75, 3.05) is 13.7 Å². The number of benzene rings is 1. The molecule has 5 nitrogen and oxygen atoms in total. The predicted octanol–water partition coefficient (Wildman–Crippen LogP) is 3.01. The van der Waals surface area contributed by atoms with Crippen LogP contribution in [-0.4, -0.2) is 24.7 Å². The average molecular weight is 279 g/mol. The Kier molecular flexibility index (Phi) is 4.46. The molecule has 0 N–H and O–H groups in total. The van der Waals surface area contributed by atoms with E-state index in [0.29, 0.717) is 11.8 Å². The number of hydrogen-bond donors (Lipinski definition) is 0. The van der Waals surface area contributed by atoms with E-state index < -0.39 is 5.97 Å². The van der Waals surface area contributed by atoms with Gasteiger partial charge in [-0.25, -0.2) is 4.79 Å². The zero-order valence-electron chi connectivity index (χ0n) is 10.6. The van der Waals surface area contributed by atoms with Gasteiger partial charge in [-0.15, -0.1) is 0 Å². The molecule has 1 aromatic carbocycles. The fraction of sp³-hybridized carbons (Fsp3) is 0.231. The molecular formula is C13H13NO4S. The van der Waals surface area contributed by atoms with Crippen molar-refractivity contribution < 1.29 is 18.7 Å². The van der Waals surface area contributed by atoms with Crippen LogP contribution in [0, 0.1) is 0 Å². The summed E-state index contributed by atoms with van der Waals surface area (Å²) in [6.45, 7) is 2.04. The predicted molar refractivity (Wildman–Crippen MR) is 69.6 cm³/mol. The molecular weight excluding hydrogens is 266 g/mol. The lowest BCUT2D eigenvalue weighted by Gasteiger charge is -2.04. The third-order valence-electron chi connectivity index (χ3n) is 2.23. The van der Waals surface area contributed by atoms with Crippen LogP contribution in [0.5, 0.6) is 5.75 Å². The number of hydrogen-bond acceptors (Lipinski definition) is 6. The lowest BCUT2D eigenvalue weighted by Crippen LogP contribution is -2.04. The number of ether oxygens (including phenoxy) is 2. The quantitative estimate of drug-likeness (QED) is 0.784. The molecule has 0 amide bonds. The lowest BCUT2D eigenvalue weighted by molar-refractivity contribution is 0.0519. The van der Waals surface area contributed by atoms with Crippen LogP contribution in [-0.2, 0) is 4.74 Å². The van der Waals surface area contributed by atoms with Crippen molar-refractivity contribution >= 4 is 17.7 Å². The first-order chi connectivity index (χ1) is 9.24. The van der Waals surface area contributed by atoms with Crippen molar-refractivity contribution in [1.29, 1.82) is 0 Å². The summed E-state index contributed by atoms with van der Waals surface area (Å²) < 4.78 is 15.3. The Hall–Kier alpha value is -1.95. The molecule has 1 heterocycles. The molecule has 0 saturated carbocycles. The molecule has 0 unspecified atom stereocenters. The van der Waals surface area contributed by atoms with Gasteiger partial charge < -0.3 is 13.9 Å². The smallest absolute Gasteiger partial charge is 0.360 e. The molecule has 19 heavy (non-hydrogen) atoms. The van der Waals surface area contributed by atoms with Crippen LogP contribution < -0.4 is 4.74 Å². The zero-order valence-corrected chi connectivity index (χ0v) is 11.4. The van der Waals surface area contributed by atoms with Gasteiger partial charge in [-0.3, -0.25) is 0 Å². The highest BCUT2D eigenvalue weighted by molar-refractivity contribution is 7.99. The number of methoxy groups -OCH3 is 1. The van der Waals surface area contributed by atoms with Gasteiger partial charge in [0.25, 0.3) is 5.22 Å². The normalized spacial score (nSPS) is 10.2. The van der Waals surface area contributed by atoms with Crippen molar-refractivity contribution in [1.82, 2.24) is 4.98 Å². The molecule has 0 aliphatic heterocycles. The van der Waals surface area contributed by atoms with Gasteiger partial charge in [0, 0.05) is 0 Å². The molecule has 0 bridgehead atoms. The summed E-state index contributed by atoms with van der Waals surface area (Å²) in [5, 5.41) is 0.368. The molecule has 0 aliphatic rings. The molecule has 0 atom stereocenters. The molecule has 1 aromatic heterocycles. The maximum atomic E-state index is 11.5. The first-order valence-electron chi connectivity index (χ1n) is 5.68. The fourth-order valence-corrected chi connectivity index (χ4v) is 2.23. The highest BCUT2D eigenvalue weighted by Gasteiger charge is 2.15. The minimum atomic E-state index is -0.488. The zero-order chi connectivity index (χ0) is 13.7. The van der Waals surface area contributed by atoms with E-state index in [1.54, 1.807) is 14.0 Å². The van der Waals surface area contributed by atoms with E-state index in [9.17, 15) is 4.79 Å². The number of carbonyl (C=O) groups excluding carboxylic acids is 1. The Morgan fingerprint density at radius 3 is 2.95 bits per heavy atom. The number of carbonyl (C=O) groups is 1. The Labute approximate surface area is 114 Å². The van der Waals surface area contributed by atoms with Gasteiger partial charge in [0.2, 0.25) is 0 Å². The molecule has 100 valence electrons. The molecule has 0 fully saturated rings. The van der Waals surface area contributed by atoms with Crippen molar-refractivity contribution in [3.05, 3.63) is 36.2 Å². The first-order valence-corrected chi connectivity index (χ1v) is 6.49. The Bertz CT molecular complexity index is 567. The number of nitrogens with zero attached hydrogens (tertiary/aromatic N) is 1. The number of aromatic nitrogens is 1. The third-order valence-corrected chi connectivity index (χ3v) is 3.15. The van der Waals surface area contributed by atoms with E-state index in [1.807, 2.05) is 24.3 Å². The fourth-order valence-electron chi connectivity index (χ4n) is 1.40. The summed E-state index contributed by atoms with van der Waals surface area (Å²) in [7, 11) is 1.60. The number of esters is 1. The Morgan fingerprint density at radius 1 is 1.42 bits per heavy atom. The summed E-state index contributed by atoms with van der Waals surface area (Å²) >= 11 is 1.28. The molecule has 2 aromatic rings. The van der Waals surface area contributed by atoms with Crippen LogP contribution in [0.25, 0.3) is 0 Å². The van der Waals surface area contributed by atoms with E-state index >= 15 is 0 Å². The highest BCUT2D eigenvalue weighted by atomic mass is 32.2. The number of para-hydroxylation sites is 1. The van der Waals surface area contributed by atoms with Crippen molar-refractivity contribution in [3.8, 4) is 5.75 Å². The van der Waals surface area contributed by atoms with E-state index in [4.69, 9.17) is 13.9 Å². The average Bonchev–Trinajstić information content (AvgIpc) is 2.88. The second-order valence-electron chi connectivity index (χ2n) is 3.47. The van der Waals surface area contributed by atoms with Crippen LogP contribution >= 0.6 is 11.8 Å². The first kappa shape index (κ1) is 13.5. The summed E-state index contributed by atoms with van der Waals surface area (Å²) in [5.74, 6) is 0.238. The van der Waals surface area contributed by atoms with E-state index in [1.165, 1.54) is 18.0 Å². The molecule has 0 radical (unpaired) electrons. The van der Waals surface area contributed by atoms with E-state index in [-0.39, 0.29) is 5.69 Å². The van der Waals surface area contributed by atoms with Gasteiger partial charge in [-0.05, 0) is 30.8 Å². The topological polar surface area (TPSA) is 61.6 Å². The second kappa shape index (κ2) is 6.29. The highest BCUT2D eigenvalue weighted by Crippen LogP contribution is 2.33. The minimum absolute atomic E-state index is 0.166. The van der Waals surface area contributed by atoms with Crippen LogP contribution in [0.4, 0.5) is 0 Å². The maximum absolute atomic E-state index is 11.5. The Morgan fingerprint density at radius 2 is 2.21 bits per heavy atom. The number of rotatable bonds is 5.